The van der Waals surface area contributed by atoms with Crippen LogP contribution in [0.25, 0.3) is 16.5 Å². The number of nitrogens with one attached hydrogen (secondary N) is 1. The van der Waals surface area contributed by atoms with Gasteiger partial charge >= 0.3 is 0 Å². The maximum absolute atomic E-state index is 13.9. The summed E-state index contributed by atoms with van der Waals surface area (Å²) in [5.41, 5.74) is 4.33. The van der Waals surface area contributed by atoms with E-state index in [0.717, 1.165) is 29.1 Å². The monoisotopic (exact) mass is 495 g/mol. The number of sulfone groups is 1. The van der Waals surface area contributed by atoms with E-state index < -0.39 is 26.2 Å². The molecule has 6 nitrogen and oxygen atoms in total. The molecule has 5 rings (SSSR count). The average molecular weight is 496 g/mol. The van der Waals surface area contributed by atoms with Gasteiger partial charge in [-0.3, -0.25) is 9.98 Å². The summed E-state index contributed by atoms with van der Waals surface area (Å²) in [5, 5.41) is 3.94. The molecule has 0 fully saturated rings. The van der Waals surface area contributed by atoms with E-state index in [-0.39, 0.29) is 10.6 Å². The second-order valence-electron chi connectivity index (χ2n) is 9.38. The highest BCUT2D eigenvalue weighted by Gasteiger charge is 2.34. The number of hydrogen-bond acceptors (Lipinski definition) is 6. The first-order valence-corrected chi connectivity index (χ1v) is 12.5. The number of fused-ring (bicyclic) bond motifs is 4. The molecule has 1 aromatic heterocycles. The molecule has 0 atom stereocenters. The number of halogens is 2. The molecule has 0 unspecified atom stereocenters. The number of benzene rings is 2. The van der Waals surface area contributed by atoms with Gasteiger partial charge in [0.05, 0.1) is 28.8 Å². The molecule has 0 bridgehead atoms. The zero-order valence-corrected chi connectivity index (χ0v) is 20.4. The van der Waals surface area contributed by atoms with Crippen LogP contribution in [0, 0.1) is 11.6 Å². The van der Waals surface area contributed by atoms with Gasteiger partial charge in [0.1, 0.15) is 10.6 Å². The lowest BCUT2D eigenvalue weighted by molar-refractivity contribution is 0.402. The molecule has 35 heavy (non-hydrogen) atoms. The van der Waals surface area contributed by atoms with Crippen LogP contribution in [0.15, 0.2) is 64.3 Å². The quantitative estimate of drug-likeness (QED) is 0.483. The van der Waals surface area contributed by atoms with Crippen LogP contribution in [0.1, 0.15) is 32.8 Å². The van der Waals surface area contributed by atoms with Crippen molar-refractivity contribution in [3.8, 4) is 5.75 Å². The predicted octanol–water partition coefficient (Wildman–Crippen LogP) is 5.96. The zero-order valence-electron chi connectivity index (χ0n) is 19.6. The van der Waals surface area contributed by atoms with Crippen LogP contribution in [0.4, 0.5) is 20.2 Å². The lowest BCUT2D eigenvalue weighted by Crippen LogP contribution is -2.28. The smallest absolute Gasteiger partial charge is 0.186 e. The Morgan fingerprint density at radius 3 is 2.54 bits per heavy atom. The molecule has 0 saturated carbocycles. The Morgan fingerprint density at radius 1 is 1.09 bits per heavy atom. The fourth-order valence-corrected chi connectivity index (χ4v) is 5.49. The van der Waals surface area contributed by atoms with Gasteiger partial charge in [0.25, 0.3) is 0 Å². The summed E-state index contributed by atoms with van der Waals surface area (Å²) in [6.45, 7) is 4.92. The highest BCUT2D eigenvalue weighted by Crippen LogP contribution is 2.41. The van der Waals surface area contributed by atoms with Gasteiger partial charge in [-0.25, -0.2) is 17.2 Å². The molecule has 2 aromatic carbocycles. The Balaban J connectivity index is 1.58. The van der Waals surface area contributed by atoms with E-state index in [9.17, 15) is 17.2 Å². The van der Waals surface area contributed by atoms with E-state index in [4.69, 9.17) is 4.74 Å². The van der Waals surface area contributed by atoms with Crippen LogP contribution in [-0.2, 0) is 9.84 Å². The number of anilines is 1. The van der Waals surface area contributed by atoms with Crippen LogP contribution in [0.2, 0.25) is 0 Å². The lowest BCUT2D eigenvalue weighted by atomic mass is 9.95. The van der Waals surface area contributed by atoms with E-state index >= 15 is 0 Å². The van der Waals surface area contributed by atoms with Crippen molar-refractivity contribution in [2.75, 3.05) is 12.4 Å². The molecule has 0 saturated heterocycles. The summed E-state index contributed by atoms with van der Waals surface area (Å²) in [5.74, 6) is -1.63. The highest BCUT2D eigenvalue weighted by atomic mass is 32.2. The van der Waals surface area contributed by atoms with E-state index in [1.807, 2.05) is 12.2 Å². The SMILES string of the molecule is COc1cc2nccc(NC3=CCC4=Nc5cc(F)c(F)cc5C4=C3)c2cc1S(=O)(=O)C(C)(C)C. The van der Waals surface area contributed by atoms with Crippen molar-refractivity contribution in [2.45, 2.75) is 36.8 Å². The first-order chi connectivity index (χ1) is 16.5. The van der Waals surface area contributed by atoms with Gasteiger partial charge in [-0.1, -0.05) is 6.08 Å². The van der Waals surface area contributed by atoms with Gasteiger partial charge < -0.3 is 10.1 Å². The van der Waals surface area contributed by atoms with Crippen LogP contribution in [-0.4, -0.2) is 31.0 Å². The van der Waals surface area contributed by atoms with Gasteiger partial charge in [-0.05, 0) is 45.0 Å². The maximum atomic E-state index is 13.9. The summed E-state index contributed by atoms with van der Waals surface area (Å²) in [4.78, 5) is 8.90. The minimum Gasteiger partial charge on any atom is -0.495 e. The van der Waals surface area contributed by atoms with Crippen molar-refractivity contribution >= 4 is 43.4 Å². The van der Waals surface area contributed by atoms with Crippen molar-refractivity contribution in [1.82, 2.24) is 4.98 Å². The fraction of sp³-hybridized carbons (Fsp3) is 0.231. The third-order valence-corrected chi connectivity index (χ3v) is 8.62. The fourth-order valence-electron chi connectivity index (χ4n) is 4.15. The Hall–Kier alpha value is -3.59. The third-order valence-electron chi connectivity index (χ3n) is 6.11. The number of ether oxygens (including phenoxy) is 1. The lowest BCUT2D eigenvalue weighted by Gasteiger charge is -2.22. The highest BCUT2D eigenvalue weighted by molar-refractivity contribution is 7.92. The molecular weight excluding hydrogens is 472 g/mol. The second-order valence-corrected chi connectivity index (χ2v) is 12.1. The van der Waals surface area contributed by atoms with Gasteiger partial charge in [0.2, 0.25) is 0 Å². The van der Waals surface area contributed by atoms with Crippen LogP contribution >= 0.6 is 0 Å². The molecule has 9 heteroatoms. The number of hydrogen-bond donors (Lipinski definition) is 1. The predicted molar refractivity (Wildman–Crippen MR) is 133 cm³/mol. The van der Waals surface area contributed by atoms with Gasteiger partial charge in [0, 0.05) is 52.7 Å². The maximum Gasteiger partial charge on any atom is 0.186 e. The zero-order chi connectivity index (χ0) is 25.1. The molecule has 1 N–H and O–H groups in total. The Morgan fingerprint density at radius 2 is 1.83 bits per heavy atom. The first-order valence-electron chi connectivity index (χ1n) is 11.0. The van der Waals surface area contributed by atoms with Crippen molar-refractivity contribution in [2.24, 2.45) is 4.99 Å². The number of allylic oxidation sites excluding steroid dienone is 3. The Bertz CT molecular complexity index is 1600. The molecule has 1 aliphatic carbocycles. The number of aliphatic imine (C=N–C) groups is 1. The van der Waals surface area contributed by atoms with Gasteiger partial charge in [0.15, 0.2) is 21.5 Å². The first kappa shape index (κ1) is 23.2. The topological polar surface area (TPSA) is 80.7 Å². The van der Waals surface area contributed by atoms with E-state index in [0.29, 0.717) is 34.3 Å². The van der Waals surface area contributed by atoms with Crippen molar-refractivity contribution in [1.29, 1.82) is 0 Å². The summed E-state index contributed by atoms with van der Waals surface area (Å²) < 4.78 is 58.4. The van der Waals surface area contributed by atoms with Crippen molar-refractivity contribution in [3.05, 3.63) is 71.6 Å². The Labute approximate surface area is 202 Å². The molecule has 2 aliphatic rings. The average Bonchev–Trinajstić information content (AvgIpc) is 3.14. The van der Waals surface area contributed by atoms with Gasteiger partial charge in [-0.15, -0.1) is 0 Å². The standard InChI is InChI=1S/C26H23F2N3O3S/c1-26(2,3)35(32,33)25-11-17-21(7-8-29-22(17)13-24(25)34-4)30-14-5-6-20-15(9-14)16-10-18(27)19(28)12-23(16)31-20/h5,7-13H,6H2,1-4H3,(H,29,30). The third kappa shape index (κ3) is 3.80. The number of methoxy groups -OCH3 is 1. The minimum absolute atomic E-state index is 0.0867. The number of aromatic nitrogens is 1. The normalized spacial score (nSPS) is 15.2. The number of nitrogens with zero attached hydrogens (tertiary/aromatic N) is 2. The summed E-state index contributed by atoms with van der Waals surface area (Å²) in [6.07, 6.45) is 5.85. The summed E-state index contributed by atoms with van der Waals surface area (Å²) in [7, 11) is -2.27. The number of rotatable bonds is 4. The largest absolute Gasteiger partial charge is 0.495 e. The van der Waals surface area contributed by atoms with Crippen molar-refractivity contribution in [3.63, 3.8) is 0 Å². The molecular formula is C26H23F2N3O3S. The molecule has 2 heterocycles. The summed E-state index contributed by atoms with van der Waals surface area (Å²) >= 11 is 0. The van der Waals surface area contributed by atoms with Crippen molar-refractivity contribution < 1.29 is 21.9 Å². The van der Waals surface area contributed by atoms with Crippen LogP contribution in [0.5, 0.6) is 5.75 Å². The molecule has 0 spiro atoms. The van der Waals surface area contributed by atoms with E-state index in [2.05, 4.69) is 15.3 Å². The molecule has 180 valence electrons. The molecule has 3 aromatic rings. The molecule has 1 aliphatic heterocycles. The van der Waals surface area contributed by atoms with Crippen LogP contribution < -0.4 is 10.1 Å². The number of pyridine rings is 1. The summed E-state index contributed by atoms with van der Waals surface area (Å²) in [6, 6.07) is 7.21. The van der Waals surface area contributed by atoms with Gasteiger partial charge in [-0.2, -0.15) is 0 Å². The van der Waals surface area contributed by atoms with Crippen LogP contribution in [0.3, 0.4) is 0 Å². The van der Waals surface area contributed by atoms with E-state index in [1.165, 1.54) is 7.11 Å². The Kier molecular flexibility index (Phi) is 5.28. The second kappa shape index (κ2) is 7.98. The minimum atomic E-state index is -3.70. The van der Waals surface area contributed by atoms with E-state index in [1.54, 1.807) is 45.2 Å². The molecule has 0 radical (unpaired) electrons. The molecule has 0 amide bonds.